The predicted octanol–water partition coefficient (Wildman–Crippen LogP) is 3.13. The molecule has 0 unspecified atom stereocenters. The van der Waals surface area contributed by atoms with E-state index < -0.39 is 0 Å². The minimum absolute atomic E-state index is 0.201. The number of hydrogen-bond acceptors (Lipinski definition) is 2. The lowest BCUT2D eigenvalue weighted by molar-refractivity contribution is 0.275. The van der Waals surface area contributed by atoms with E-state index >= 15 is 0 Å². The second kappa shape index (κ2) is 5.18. The highest BCUT2D eigenvalue weighted by atomic mass is 16.3. The Bertz CT molecular complexity index is 1060. The van der Waals surface area contributed by atoms with Gasteiger partial charge in [0.2, 0.25) is 5.78 Å². The molecule has 4 rings (SSSR count). The zero-order valence-corrected chi connectivity index (χ0v) is 14.4. The van der Waals surface area contributed by atoms with Gasteiger partial charge in [0, 0.05) is 6.20 Å². The summed E-state index contributed by atoms with van der Waals surface area (Å²) in [6.45, 7) is 8.54. The Hall–Kier alpha value is -2.66. The molecule has 24 heavy (non-hydrogen) atoms. The Balaban J connectivity index is 2.23. The van der Waals surface area contributed by atoms with Gasteiger partial charge in [0.15, 0.2) is 12.3 Å². The van der Waals surface area contributed by atoms with E-state index in [-0.39, 0.29) is 6.61 Å². The van der Waals surface area contributed by atoms with Gasteiger partial charge < -0.3 is 5.11 Å². The minimum Gasteiger partial charge on any atom is -0.441 e. The fourth-order valence-corrected chi connectivity index (χ4v) is 3.72. The highest BCUT2D eigenvalue weighted by Gasteiger charge is 2.22. The fraction of sp³-hybridized carbons (Fsp3) is 0.263. The topological polar surface area (TPSA) is 58.0 Å². The summed E-state index contributed by atoms with van der Waals surface area (Å²) in [5.74, 6) is 0.832. The average molecular weight is 321 g/mol. The number of hydrogen-bond donors (Lipinski definition) is 0. The molecule has 0 aliphatic heterocycles. The Morgan fingerprint density at radius 3 is 2.46 bits per heavy atom. The summed E-state index contributed by atoms with van der Waals surface area (Å²) in [5, 5.41) is 7.89. The number of aryl methyl sites for hydroxylation is 4. The molecule has 0 radical (unpaired) electrons. The summed E-state index contributed by atoms with van der Waals surface area (Å²) in [7, 11) is 0. The fourth-order valence-electron chi connectivity index (χ4n) is 3.72. The van der Waals surface area contributed by atoms with Crippen molar-refractivity contribution in [1.82, 2.24) is 18.9 Å². The zero-order valence-electron chi connectivity index (χ0n) is 14.4. The maximum atomic E-state index is 7.89. The van der Waals surface area contributed by atoms with Gasteiger partial charge in [0.05, 0.1) is 16.9 Å². The van der Waals surface area contributed by atoms with Gasteiger partial charge in [-0.3, -0.25) is 8.97 Å². The van der Waals surface area contributed by atoms with Crippen molar-refractivity contribution in [3.8, 4) is 5.69 Å². The second-order valence-corrected chi connectivity index (χ2v) is 6.38. The summed E-state index contributed by atoms with van der Waals surface area (Å²) < 4.78 is 4.20. The van der Waals surface area contributed by atoms with Crippen LogP contribution < -0.4 is 0 Å². The van der Waals surface area contributed by atoms with Crippen LogP contribution in [0, 0.1) is 27.7 Å². The monoisotopic (exact) mass is 321 g/mol. The van der Waals surface area contributed by atoms with Crippen LogP contribution in [0.1, 0.15) is 28.1 Å². The Morgan fingerprint density at radius 2 is 1.79 bits per heavy atom. The van der Waals surface area contributed by atoms with Gasteiger partial charge in [0.1, 0.15) is 5.69 Å². The van der Waals surface area contributed by atoms with E-state index in [0.29, 0.717) is 0 Å². The van der Waals surface area contributed by atoms with Crippen LogP contribution in [-0.4, -0.2) is 24.0 Å². The van der Waals surface area contributed by atoms with Gasteiger partial charge in [-0.1, -0.05) is 17.7 Å². The number of nitrogens with zero attached hydrogens (tertiary/aromatic N) is 4. The minimum atomic E-state index is 0.201. The first-order valence-corrected chi connectivity index (χ1v) is 8.09. The number of pyridine rings is 1. The molecule has 0 spiro atoms. The third-order valence-electron chi connectivity index (χ3n) is 4.60. The van der Waals surface area contributed by atoms with E-state index in [4.69, 9.17) is 10.1 Å². The van der Waals surface area contributed by atoms with Crippen LogP contribution in [-0.2, 0) is 6.61 Å². The molecule has 2 N–H and O–H groups in total. The molecule has 0 aliphatic carbocycles. The third-order valence-corrected chi connectivity index (χ3v) is 4.60. The van der Waals surface area contributed by atoms with Crippen molar-refractivity contribution in [3.63, 3.8) is 0 Å². The van der Waals surface area contributed by atoms with Crippen molar-refractivity contribution >= 4 is 16.9 Å². The molecule has 122 valence electrons. The van der Waals surface area contributed by atoms with Gasteiger partial charge in [-0.05, 0) is 51.0 Å². The molecule has 0 saturated carbocycles. The van der Waals surface area contributed by atoms with Gasteiger partial charge in [0.25, 0.3) is 0 Å². The predicted molar refractivity (Wildman–Crippen MR) is 96.1 cm³/mol. The van der Waals surface area contributed by atoms with E-state index in [1.807, 2.05) is 25.3 Å². The van der Waals surface area contributed by atoms with Crippen LogP contribution in [0.3, 0.4) is 0 Å². The van der Waals surface area contributed by atoms with Crippen molar-refractivity contribution in [2.24, 2.45) is 0 Å². The summed E-state index contributed by atoms with van der Waals surface area (Å²) in [6, 6.07) is 8.36. The second-order valence-electron chi connectivity index (χ2n) is 6.38. The van der Waals surface area contributed by atoms with Gasteiger partial charge in [-0.15, -0.1) is 0 Å². The summed E-state index contributed by atoms with van der Waals surface area (Å²) in [6.07, 6.45) is 1.81. The summed E-state index contributed by atoms with van der Waals surface area (Å²) >= 11 is 0. The van der Waals surface area contributed by atoms with Crippen molar-refractivity contribution in [2.45, 2.75) is 34.3 Å². The van der Waals surface area contributed by atoms with Crippen molar-refractivity contribution in [1.29, 1.82) is 0 Å². The SMILES string of the molecule is Cc1cc(C)c(-n2c3ncccc3n3c(C[OH2+])c(C)nc23)c(C)c1. The summed E-state index contributed by atoms with van der Waals surface area (Å²) in [4.78, 5) is 9.39. The molecule has 0 fully saturated rings. The van der Waals surface area contributed by atoms with Crippen molar-refractivity contribution in [3.05, 3.63) is 58.5 Å². The maximum Gasteiger partial charge on any atom is 0.221 e. The number of aromatic nitrogens is 4. The maximum absolute atomic E-state index is 7.89. The Kier molecular flexibility index (Phi) is 3.21. The molecule has 1 aromatic carbocycles. The van der Waals surface area contributed by atoms with Gasteiger partial charge in [-0.2, -0.15) is 0 Å². The Labute approximate surface area is 140 Å². The standard InChI is InChI=1S/C19H20N4O/c1-11-8-12(2)17(13(3)9-11)23-18-15(6-5-7-20-18)22-16(10-24)14(4)21-19(22)23/h5-9,24H,10H2,1-4H3/p+1. The Morgan fingerprint density at radius 1 is 1.08 bits per heavy atom. The normalized spacial score (nSPS) is 11.7. The average Bonchev–Trinajstić information content (AvgIpc) is 3.01. The molecule has 0 amide bonds. The van der Waals surface area contributed by atoms with E-state index in [9.17, 15) is 0 Å². The first-order chi connectivity index (χ1) is 11.5. The van der Waals surface area contributed by atoms with Crippen molar-refractivity contribution in [2.75, 3.05) is 0 Å². The molecule has 5 nitrogen and oxygen atoms in total. The highest BCUT2D eigenvalue weighted by Crippen LogP contribution is 2.30. The lowest BCUT2D eigenvalue weighted by Crippen LogP contribution is -2.02. The molecule has 0 bridgehead atoms. The van der Waals surface area contributed by atoms with Crippen LogP contribution in [0.2, 0.25) is 0 Å². The smallest absolute Gasteiger partial charge is 0.221 e. The molecular weight excluding hydrogens is 300 g/mol. The molecule has 5 heteroatoms. The molecule has 0 saturated heterocycles. The molecule has 4 aromatic rings. The van der Waals surface area contributed by atoms with Crippen LogP contribution in [0.15, 0.2) is 30.5 Å². The molecule has 3 heterocycles. The van der Waals surface area contributed by atoms with Gasteiger partial charge >= 0.3 is 0 Å². The van der Waals surface area contributed by atoms with Crippen LogP contribution in [0.4, 0.5) is 0 Å². The van der Waals surface area contributed by atoms with Crippen LogP contribution >= 0.6 is 0 Å². The number of fused-ring (bicyclic) bond motifs is 3. The molecular formula is C19H21N4O+. The van der Waals surface area contributed by atoms with Crippen LogP contribution in [0.25, 0.3) is 22.6 Å². The lowest BCUT2D eigenvalue weighted by Gasteiger charge is -2.13. The third kappa shape index (κ3) is 1.91. The number of imidazole rings is 2. The van der Waals surface area contributed by atoms with Crippen LogP contribution in [0.5, 0.6) is 0 Å². The first kappa shape index (κ1) is 14.9. The van der Waals surface area contributed by atoms with E-state index in [2.05, 4.69) is 46.9 Å². The zero-order chi connectivity index (χ0) is 17.0. The number of rotatable bonds is 2. The van der Waals surface area contributed by atoms with E-state index in [0.717, 1.165) is 34.0 Å². The molecule has 3 aromatic heterocycles. The molecule has 0 aliphatic rings. The largest absolute Gasteiger partial charge is 0.441 e. The van der Waals surface area contributed by atoms with Gasteiger partial charge in [-0.25, -0.2) is 9.97 Å². The quantitative estimate of drug-likeness (QED) is 0.533. The summed E-state index contributed by atoms with van der Waals surface area (Å²) in [5.41, 5.74) is 8.48. The molecule has 0 atom stereocenters. The van der Waals surface area contributed by atoms with Crippen molar-refractivity contribution < 1.29 is 5.11 Å². The highest BCUT2D eigenvalue weighted by molar-refractivity contribution is 5.81. The number of benzene rings is 1. The van der Waals surface area contributed by atoms with E-state index in [1.54, 1.807) is 0 Å². The lowest BCUT2D eigenvalue weighted by atomic mass is 10.1. The first-order valence-electron chi connectivity index (χ1n) is 8.09. The van der Waals surface area contributed by atoms with E-state index in [1.165, 1.54) is 16.7 Å².